The molecule has 2 aromatic rings. The van der Waals surface area contributed by atoms with E-state index in [1.165, 1.54) is 48.7 Å². The smallest absolute Gasteiger partial charge is 0.350 e. The Kier molecular flexibility index (Phi) is 13.4. The zero-order valence-electron chi connectivity index (χ0n) is 36.1. The number of hydrogen-bond acceptors (Lipinski definition) is 8. The van der Waals surface area contributed by atoms with Gasteiger partial charge in [-0.25, -0.2) is 0 Å². The number of nitrogens with zero attached hydrogens (tertiary/aromatic N) is 8. The lowest BCUT2D eigenvalue weighted by Crippen LogP contribution is -2.57. The van der Waals surface area contributed by atoms with Crippen molar-refractivity contribution >= 4 is 24.3 Å². The topological polar surface area (TPSA) is 84.2 Å². The number of phenolic OH excluding ortho intramolecular Hbond substituents is 2. The Bertz CT molecular complexity index is 1680. The van der Waals surface area contributed by atoms with Crippen LogP contribution in [0.15, 0.2) is 34.3 Å². The summed E-state index contributed by atoms with van der Waals surface area (Å²) in [7, 11) is 4.44. The molecule has 6 rings (SSSR count). The Morgan fingerprint density at radius 1 is 0.589 bits per heavy atom. The number of aliphatic imine (C=N–C) groups is 2. The van der Waals surface area contributed by atoms with Crippen LogP contribution in [0.2, 0.25) is 0 Å². The van der Waals surface area contributed by atoms with E-state index in [1.807, 2.05) is 12.4 Å². The van der Waals surface area contributed by atoms with Gasteiger partial charge < -0.3 is 10.2 Å². The van der Waals surface area contributed by atoms with Crippen molar-refractivity contribution in [1.29, 1.82) is 0 Å². The molecule has 2 saturated heterocycles. The largest absolute Gasteiger partial charge is 0.507 e. The fourth-order valence-electron chi connectivity index (χ4n) is 8.96. The van der Waals surface area contributed by atoms with E-state index in [2.05, 4.69) is 109 Å². The van der Waals surface area contributed by atoms with E-state index in [-0.39, 0.29) is 10.8 Å². The maximum atomic E-state index is 11.5. The molecule has 4 heterocycles. The van der Waals surface area contributed by atoms with Crippen molar-refractivity contribution in [2.75, 3.05) is 92.6 Å². The van der Waals surface area contributed by atoms with E-state index in [9.17, 15) is 10.2 Å². The van der Waals surface area contributed by atoms with Gasteiger partial charge >= 0.3 is 11.9 Å². The normalized spacial score (nSPS) is 18.5. The molecular formula is C46H72N8O2+2. The summed E-state index contributed by atoms with van der Waals surface area (Å²) in [5.41, 5.74) is 5.85. The summed E-state index contributed by atoms with van der Waals surface area (Å²) in [5.74, 6) is 3.45. The van der Waals surface area contributed by atoms with E-state index < -0.39 is 0 Å². The number of guanidine groups is 2. The first-order valence-electron chi connectivity index (χ1n) is 21.6. The molecule has 0 unspecified atom stereocenters. The highest BCUT2D eigenvalue weighted by atomic mass is 16.3. The Morgan fingerprint density at radius 2 is 0.982 bits per heavy atom. The molecule has 0 radical (unpaired) electrons. The average Bonchev–Trinajstić information content (AvgIpc) is 3.14. The van der Waals surface area contributed by atoms with Crippen LogP contribution in [-0.2, 0) is 23.7 Å². The summed E-state index contributed by atoms with van der Waals surface area (Å²) in [6.45, 7) is 25.4. The molecule has 306 valence electrons. The van der Waals surface area contributed by atoms with Crippen molar-refractivity contribution in [3.8, 4) is 11.5 Å². The van der Waals surface area contributed by atoms with Gasteiger partial charge in [-0.15, -0.1) is 0 Å². The molecule has 2 aromatic carbocycles. The maximum Gasteiger partial charge on any atom is 0.350 e. The predicted molar refractivity (Wildman–Crippen MR) is 232 cm³/mol. The van der Waals surface area contributed by atoms with Crippen LogP contribution in [0, 0.1) is 0 Å². The Morgan fingerprint density at radius 3 is 1.38 bits per heavy atom. The Hall–Kier alpha value is -4.08. The molecule has 0 spiro atoms. The van der Waals surface area contributed by atoms with Crippen molar-refractivity contribution < 1.29 is 19.4 Å². The van der Waals surface area contributed by atoms with Crippen LogP contribution >= 0.6 is 0 Å². The molecule has 0 atom stereocenters. The first-order chi connectivity index (χ1) is 26.7. The Labute approximate surface area is 338 Å². The number of phenols is 2. The minimum Gasteiger partial charge on any atom is -0.507 e. The minimum atomic E-state index is -0.0500. The summed E-state index contributed by atoms with van der Waals surface area (Å²) >= 11 is 0. The second-order valence-corrected chi connectivity index (χ2v) is 18.7. The van der Waals surface area contributed by atoms with Crippen LogP contribution in [0.4, 0.5) is 0 Å². The summed E-state index contributed by atoms with van der Waals surface area (Å²) in [4.78, 5) is 19.6. The van der Waals surface area contributed by atoms with E-state index in [4.69, 9.17) is 9.98 Å². The molecule has 0 amide bonds. The van der Waals surface area contributed by atoms with E-state index in [0.29, 0.717) is 24.6 Å². The van der Waals surface area contributed by atoms with Gasteiger partial charge in [0, 0.05) is 49.2 Å². The average molecular weight is 769 g/mol. The highest BCUT2D eigenvalue weighted by molar-refractivity contribution is 5.86. The lowest BCUT2D eigenvalue weighted by molar-refractivity contribution is -0.515. The summed E-state index contributed by atoms with van der Waals surface area (Å²) < 4.78 is 4.84. The third kappa shape index (κ3) is 10.1. The van der Waals surface area contributed by atoms with Crippen molar-refractivity contribution in [3.05, 3.63) is 57.6 Å². The standard InChI is InChI=1S/C46H70N8O2/c1-45(2,3)39-29-35(15-9-21-51-25-13-27-53-23-11-19-49(7)43(51)53)41(55)37(31-39)33-47-17-18-48-34-38-32-40(46(4,5)6)30-36(42(38)56)16-10-22-52-26-14-28-54-24-12-20-50(8)44(52)54/h29-34H,9-28H2,1-8H3/p+2. The van der Waals surface area contributed by atoms with Crippen molar-refractivity contribution in [2.45, 2.75) is 104 Å². The molecule has 4 aliphatic rings. The first-order valence-corrected chi connectivity index (χ1v) is 21.6. The van der Waals surface area contributed by atoms with Crippen molar-refractivity contribution in [3.63, 3.8) is 0 Å². The highest BCUT2D eigenvalue weighted by Crippen LogP contribution is 2.33. The van der Waals surface area contributed by atoms with Gasteiger partial charge in [0.05, 0.1) is 92.6 Å². The van der Waals surface area contributed by atoms with Gasteiger partial charge in [-0.05, 0) is 70.9 Å². The van der Waals surface area contributed by atoms with Crippen LogP contribution in [0.3, 0.4) is 0 Å². The molecule has 0 saturated carbocycles. The number of rotatable bonds is 13. The quantitative estimate of drug-likeness (QED) is 0.150. The number of aryl methyl sites for hydroxylation is 2. The molecule has 10 nitrogen and oxygen atoms in total. The van der Waals surface area contributed by atoms with Crippen LogP contribution in [-0.4, -0.2) is 156 Å². The van der Waals surface area contributed by atoms with E-state index in [1.54, 1.807) is 0 Å². The Balaban J connectivity index is 1.08. The number of aromatic hydroxyl groups is 2. The monoisotopic (exact) mass is 769 g/mol. The van der Waals surface area contributed by atoms with Crippen LogP contribution < -0.4 is 0 Å². The van der Waals surface area contributed by atoms with Crippen molar-refractivity contribution in [2.24, 2.45) is 9.98 Å². The van der Waals surface area contributed by atoms with Gasteiger partial charge in [0.2, 0.25) is 0 Å². The zero-order valence-corrected chi connectivity index (χ0v) is 36.1. The third-order valence-corrected chi connectivity index (χ3v) is 12.1. The van der Waals surface area contributed by atoms with Gasteiger partial charge in [0.1, 0.15) is 11.5 Å². The molecule has 0 aromatic heterocycles. The molecular weight excluding hydrogens is 697 g/mol. The summed E-state index contributed by atoms with van der Waals surface area (Å²) in [6.07, 6.45) is 12.1. The first kappa shape index (κ1) is 41.6. The molecule has 0 aliphatic carbocycles. The fourth-order valence-corrected chi connectivity index (χ4v) is 8.96. The van der Waals surface area contributed by atoms with Crippen molar-refractivity contribution in [1.82, 2.24) is 19.6 Å². The second-order valence-electron chi connectivity index (χ2n) is 18.7. The van der Waals surface area contributed by atoms with Gasteiger partial charge in [-0.1, -0.05) is 53.7 Å². The minimum absolute atomic E-state index is 0.0500. The maximum absolute atomic E-state index is 11.5. The van der Waals surface area contributed by atoms with Gasteiger partial charge in [-0.3, -0.25) is 38.7 Å². The van der Waals surface area contributed by atoms with Gasteiger partial charge in [0.25, 0.3) is 0 Å². The highest BCUT2D eigenvalue weighted by Gasteiger charge is 2.35. The fraction of sp³-hybridized carbons (Fsp3) is 0.652. The molecule has 0 bridgehead atoms. The van der Waals surface area contributed by atoms with Gasteiger partial charge in [-0.2, -0.15) is 0 Å². The van der Waals surface area contributed by atoms with Crippen LogP contribution in [0.25, 0.3) is 0 Å². The molecule has 2 fully saturated rings. The second kappa shape index (κ2) is 18.0. The van der Waals surface area contributed by atoms with Crippen LogP contribution in [0.5, 0.6) is 11.5 Å². The third-order valence-electron chi connectivity index (χ3n) is 12.1. The lowest BCUT2D eigenvalue weighted by atomic mass is 9.84. The molecule has 56 heavy (non-hydrogen) atoms. The summed E-state index contributed by atoms with van der Waals surface area (Å²) in [6, 6.07) is 8.57. The SMILES string of the molecule is C[N+]1=C2N(CCCc3cc(C(C)(C)C)cc(C=NCCN=Cc4cc(C(C)(C)C)cc(CCCN5CCCN6CCC[N+](C)=C56)c4O)c3O)CCCN2CCC1. The van der Waals surface area contributed by atoms with E-state index in [0.717, 1.165) is 113 Å². The molecule has 2 N–H and O–H groups in total. The van der Waals surface area contributed by atoms with Gasteiger partial charge in [0.15, 0.2) is 0 Å². The zero-order chi connectivity index (χ0) is 40.0. The number of hydrogen-bond donors (Lipinski definition) is 2. The number of fused-ring (bicyclic) bond motifs is 2. The predicted octanol–water partition coefficient (Wildman–Crippen LogP) is 5.92. The lowest BCUT2D eigenvalue weighted by Gasteiger charge is -2.36. The van der Waals surface area contributed by atoms with E-state index >= 15 is 0 Å². The van der Waals surface area contributed by atoms with Crippen LogP contribution in [0.1, 0.15) is 113 Å². The number of benzene rings is 2. The summed E-state index contributed by atoms with van der Waals surface area (Å²) in [5, 5.41) is 22.9. The molecule has 4 aliphatic heterocycles. The molecule has 10 heteroatoms.